The highest BCUT2D eigenvalue weighted by atomic mass is 35.5. The number of rotatable bonds is 8. The summed E-state index contributed by atoms with van der Waals surface area (Å²) in [4.78, 5) is 27.9. The summed E-state index contributed by atoms with van der Waals surface area (Å²) in [6.45, 7) is 13.7. The lowest BCUT2D eigenvalue weighted by molar-refractivity contribution is -0.143. The maximum atomic E-state index is 13.3. The van der Waals surface area contributed by atoms with Gasteiger partial charge >= 0.3 is 0 Å². The Bertz CT molecular complexity index is 926. The molecule has 0 heterocycles. The Morgan fingerprint density at radius 1 is 1.06 bits per heavy atom. The molecular weight excluding hydrogens is 424 g/mol. The van der Waals surface area contributed by atoms with Gasteiger partial charge in [0.1, 0.15) is 11.8 Å². The number of aryl methyl sites for hydroxylation is 3. The lowest BCUT2D eigenvalue weighted by atomic mass is 10.1. The molecule has 0 aromatic heterocycles. The Morgan fingerprint density at radius 2 is 1.62 bits per heavy atom. The van der Waals surface area contributed by atoms with Crippen LogP contribution in [0.25, 0.3) is 0 Å². The standard InChI is InChI=1S/C26H35ClN2O3/c1-8-22(25(31)28-26(5,6)7)29(15-20-11-9-17(2)10-12-20)23(30)16-32-21-13-18(3)24(27)19(4)14-21/h9-14,22H,8,15-16H2,1-7H3,(H,28,31)/t22-/m1/s1. The molecule has 0 unspecified atom stereocenters. The van der Waals surface area contributed by atoms with Crippen LogP contribution >= 0.6 is 11.6 Å². The van der Waals surface area contributed by atoms with Crippen molar-refractivity contribution in [3.05, 3.63) is 63.7 Å². The fraction of sp³-hybridized carbons (Fsp3) is 0.462. The monoisotopic (exact) mass is 458 g/mol. The Labute approximate surface area is 197 Å². The molecule has 2 aromatic rings. The average molecular weight is 459 g/mol. The molecule has 0 bridgehead atoms. The van der Waals surface area contributed by atoms with Gasteiger partial charge in [0.15, 0.2) is 6.61 Å². The molecule has 0 saturated heterocycles. The van der Waals surface area contributed by atoms with E-state index in [1.165, 1.54) is 0 Å². The number of carbonyl (C=O) groups is 2. The number of hydrogen-bond donors (Lipinski definition) is 1. The average Bonchev–Trinajstić information content (AvgIpc) is 2.70. The molecule has 1 atom stereocenters. The number of ether oxygens (including phenoxy) is 1. The van der Waals surface area contributed by atoms with Crippen LogP contribution in [0.15, 0.2) is 36.4 Å². The van der Waals surface area contributed by atoms with Gasteiger partial charge in [-0.05, 0) is 76.8 Å². The molecule has 0 aliphatic carbocycles. The normalized spacial score (nSPS) is 12.2. The maximum Gasteiger partial charge on any atom is 0.261 e. The zero-order chi connectivity index (χ0) is 24.1. The first kappa shape index (κ1) is 25.7. The van der Waals surface area contributed by atoms with E-state index in [2.05, 4.69) is 5.32 Å². The van der Waals surface area contributed by atoms with Crippen molar-refractivity contribution in [2.24, 2.45) is 0 Å². The first-order valence-electron chi connectivity index (χ1n) is 11.0. The van der Waals surface area contributed by atoms with Crippen LogP contribution in [0.1, 0.15) is 56.4 Å². The minimum absolute atomic E-state index is 0.161. The molecule has 5 nitrogen and oxygen atoms in total. The minimum atomic E-state index is -0.597. The first-order valence-corrected chi connectivity index (χ1v) is 11.4. The molecule has 0 aliphatic heterocycles. The number of halogens is 1. The highest BCUT2D eigenvalue weighted by Gasteiger charge is 2.30. The largest absolute Gasteiger partial charge is 0.484 e. The van der Waals surface area contributed by atoms with E-state index in [9.17, 15) is 9.59 Å². The van der Waals surface area contributed by atoms with Gasteiger partial charge in [-0.2, -0.15) is 0 Å². The number of amides is 2. The molecule has 0 saturated carbocycles. The van der Waals surface area contributed by atoms with Crippen LogP contribution in [-0.4, -0.2) is 34.9 Å². The first-order chi connectivity index (χ1) is 14.9. The number of nitrogens with zero attached hydrogens (tertiary/aromatic N) is 1. The van der Waals surface area contributed by atoms with Crippen molar-refractivity contribution in [2.75, 3.05) is 6.61 Å². The summed E-state index contributed by atoms with van der Waals surface area (Å²) in [7, 11) is 0. The van der Waals surface area contributed by atoms with Gasteiger partial charge in [-0.3, -0.25) is 9.59 Å². The summed E-state index contributed by atoms with van der Waals surface area (Å²) in [6.07, 6.45) is 0.499. The third-order valence-corrected chi connectivity index (χ3v) is 5.73. The van der Waals surface area contributed by atoms with Crippen LogP contribution < -0.4 is 10.1 Å². The zero-order valence-corrected chi connectivity index (χ0v) is 21.0. The van der Waals surface area contributed by atoms with Gasteiger partial charge in [-0.1, -0.05) is 48.4 Å². The second-order valence-corrected chi connectivity index (χ2v) is 9.71. The molecule has 2 amide bonds. The molecule has 174 valence electrons. The molecule has 0 aliphatic rings. The fourth-order valence-electron chi connectivity index (χ4n) is 3.48. The molecular formula is C26H35ClN2O3. The fourth-order valence-corrected chi connectivity index (χ4v) is 3.59. The van der Waals surface area contributed by atoms with Crippen molar-refractivity contribution in [1.29, 1.82) is 0 Å². The molecule has 0 fully saturated rings. The van der Waals surface area contributed by atoms with Crippen molar-refractivity contribution >= 4 is 23.4 Å². The lowest BCUT2D eigenvalue weighted by Gasteiger charge is -2.33. The number of nitrogens with one attached hydrogen (secondary N) is 1. The maximum absolute atomic E-state index is 13.3. The smallest absolute Gasteiger partial charge is 0.261 e. The minimum Gasteiger partial charge on any atom is -0.484 e. The molecule has 6 heteroatoms. The van der Waals surface area contributed by atoms with E-state index in [1.54, 1.807) is 4.90 Å². The van der Waals surface area contributed by atoms with Crippen molar-refractivity contribution in [1.82, 2.24) is 10.2 Å². The third-order valence-electron chi connectivity index (χ3n) is 5.13. The van der Waals surface area contributed by atoms with Crippen LogP contribution in [0, 0.1) is 20.8 Å². The van der Waals surface area contributed by atoms with Gasteiger partial charge in [-0.15, -0.1) is 0 Å². The third kappa shape index (κ3) is 7.27. The van der Waals surface area contributed by atoms with Gasteiger partial charge in [-0.25, -0.2) is 0 Å². The topological polar surface area (TPSA) is 58.6 Å². The summed E-state index contributed by atoms with van der Waals surface area (Å²) in [5, 5.41) is 3.70. The predicted octanol–water partition coefficient (Wildman–Crippen LogP) is 5.37. The number of hydrogen-bond acceptors (Lipinski definition) is 3. The second-order valence-electron chi connectivity index (χ2n) is 9.33. The van der Waals surface area contributed by atoms with Crippen LogP contribution in [0.3, 0.4) is 0 Å². The van der Waals surface area contributed by atoms with E-state index < -0.39 is 11.6 Å². The Hall–Kier alpha value is -2.53. The van der Waals surface area contributed by atoms with E-state index in [0.29, 0.717) is 23.7 Å². The van der Waals surface area contributed by atoms with E-state index in [1.807, 2.05) is 84.9 Å². The molecule has 1 N–H and O–H groups in total. The van der Waals surface area contributed by atoms with Gasteiger partial charge in [0.25, 0.3) is 5.91 Å². The van der Waals surface area contributed by atoms with Crippen LogP contribution in [0.2, 0.25) is 5.02 Å². The summed E-state index contributed by atoms with van der Waals surface area (Å²) >= 11 is 6.24. The lowest BCUT2D eigenvalue weighted by Crippen LogP contribution is -2.54. The van der Waals surface area contributed by atoms with Crippen molar-refractivity contribution < 1.29 is 14.3 Å². The summed E-state index contributed by atoms with van der Waals surface area (Å²) in [6, 6.07) is 11.0. The van der Waals surface area contributed by atoms with Crippen molar-refractivity contribution in [2.45, 2.75) is 73.0 Å². The SMILES string of the molecule is CC[C@H](C(=O)NC(C)(C)C)N(Cc1ccc(C)cc1)C(=O)COc1cc(C)c(Cl)c(C)c1. The van der Waals surface area contributed by atoms with Gasteiger partial charge in [0, 0.05) is 17.1 Å². The highest BCUT2D eigenvalue weighted by Crippen LogP contribution is 2.26. The zero-order valence-electron chi connectivity index (χ0n) is 20.2. The van der Waals surface area contributed by atoms with E-state index in [0.717, 1.165) is 22.3 Å². The van der Waals surface area contributed by atoms with Gasteiger partial charge in [0.2, 0.25) is 5.91 Å². The van der Waals surface area contributed by atoms with Crippen molar-refractivity contribution in [3.8, 4) is 5.75 Å². The molecule has 32 heavy (non-hydrogen) atoms. The Morgan fingerprint density at radius 3 is 2.12 bits per heavy atom. The second kappa shape index (κ2) is 10.9. The Balaban J connectivity index is 2.26. The molecule has 0 radical (unpaired) electrons. The molecule has 0 spiro atoms. The van der Waals surface area contributed by atoms with Crippen LogP contribution in [-0.2, 0) is 16.1 Å². The van der Waals surface area contributed by atoms with Crippen molar-refractivity contribution in [3.63, 3.8) is 0 Å². The Kier molecular flexibility index (Phi) is 8.73. The highest BCUT2D eigenvalue weighted by molar-refractivity contribution is 6.32. The quantitative estimate of drug-likeness (QED) is 0.578. The van der Waals surface area contributed by atoms with Gasteiger partial charge < -0.3 is 15.0 Å². The van der Waals surface area contributed by atoms with Crippen LogP contribution in [0.5, 0.6) is 5.75 Å². The summed E-state index contributed by atoms with van der Waals surface area (Å²) in [5.74, 6) is 0.172. The molecule has 2 rings (SSSR count). The van der Waals surface area contributed by atoms with E-state index >= 15 is 0 Å². The number of carbonyl (C=O) groups excluding carboxylic acids is 2. The predicted molar refractivity (Wildman–Crippen MR) is 130 cm³/mol. The summed E-state index contributed by atoms with van der Waals surface area (Å²) < 4.78 is 5.82. The summed E-state index contributed by atoms with van der Waals surface area (Å²) in [5.41, 5.74) is 3.49. The van der Waals surface area contributed by atoms with Crippen LogP contribution in [0.4, 0.5) is 0 Å². The molecule has 2 aromatic carbocycles. The van der Waals surface area contributed by atoms with E-state index in [-0.39, 0.29) is 18.4 Å². The van der Waals surface area contributed by atoms with E-state index in [4.69, 9.17) is 16.3 Å². The van der Waals surface area contributed by atoms with Gasteiger partial charge in [0.05, 0.1) is 0 Å². The number of benzene rings is 2.